The molecule has 9 heteroatoms. The van der Waals surface area contributed by atoms with Crippen LogP contribution in [0.2, 0.25) is 0 Å². The van der Waals surface area contributed by atoms with E-state index in [0.29, 0.717) is 36.8 Å². The van der Waals surface area contributed by atoms with Crippen LogP contribution < -0.4 is 10.1 Å². The van der Waals surface area contributed by atoms with Gasteiger partial charge in [-0.15, -0.1) is 0 Å². The highest BCUT2D eigenvalue weighted by molar-refractivity contribution is 7.89. The summed E-state index contributed by atoms with van der Waals surface area (Å²) >= 11 is 0. The number of ether oxygens (including phenoxy) is 1. The highest BCUT2D eigenvalue weighted by atomic mass is 32.2. The van der Waals surface area contributed by atoms with Gasteiger partial charge >= 0.3 is 0 Å². The lowest BCUT2D eigenvalue weighted by Crippen LogP contribution is -2.30. The van der Waals surface area contributed by atoms with Crippen LogP contribution in [0.15, 0.2) is 35.4 Å². The molecule has 0 saturated carbocycles. The predicted molar refractivity (Wildman–Crippen MR) is 113 cm³/mol. The molecular weight excluding hydrogens is 390 g/mol. The highest BCUT2D eigenvalue weighted by Crippen LogP contribution is 2.29. The van der Waals surface area contributed by atoms with Crippen LogP contribution in [0.4, 0.5) is 5.69 Å². The Morgan fingerprint density at radius 3 is 2.52 bits per heavy atom. The molecule has 0 aliphatic heterocycles. The van der Waals surface area contributed by atoms with Gasteiger partial charge in [0.2, 0.25) is 15.8 Å². The summed E-state index contributed by atoms with van der Waals surface area (Å²) in [7, 11) is -2.00. The van der Waals surface area contributed by atoms with Crippen LogP contribution in [-0.4, -0.2) is 47.3 Å². The average Bonchev–Trinajstić information content (AvgIpc) is 3.10. The molecule has 0 aliphatic carbocycles. The molecule has 1 N–H and O–H groups in total. The maximum Gasteiger partial charge on any atom is 0.243 e. The normalized spacial score (nSPS) is 11.9. The van der Waals surface area contributed by atoms with E-state index in [2.05, 4.69) is 15.3 Å². The number of benzene rings is 1. The van der Waals surface area contributed by atoms with E-state index in [1.54, 1.807) is 25.3 Å². The fourth-order valence-electron chi connectivity index (χ4n) is 3.29. The molecule has 29 heavy (non-hydrogen) atoms. The summed E-state index contributed by atoms with van der Waals surface area (Å²) in [5, 5.41) is 3.25. The van der Waals surface area contributed by atoms with Gasteiger partial charge in [-0.2, -0.15) is 4.31 Å². The number of anilines is 1. The Kier molecular flexibility index (Phi) is 6.09. The van der Waals surface area contributed by atoms with Gasteiger partial charge in [0.05, 0.1) is 29.9 Å². The van der Waals surface area contributed by atoms with E-state index in [0.717, 1.165) is 17.1 Å². The van der Waals surface area contributed by atoms with E-state index >= 15 is 0 Å². The molecule has 1 aromatic carbocycles. The number of hydrogen-bond donors (Lipinski definition) is 1. The predicted octanol–water partition coefficient (Wildman–Crippen LogP) is 3.00. The summed E-state index contributed by atoms with van der Waals surface area (Å²) in [5.41, 5.74) is 3.36. The van der Waals surface area contributed by atoms with E-state index in [9.17, 15) is 8.42 Å². The molecule has 2 aromatic heterocycles. The SMILES string of the molecule is CCN(CC)S(=O)(=O)c1ccc(OC)c(NCc2cn3c(C)cc(C)nc3n2)c1. The van der Waals surface area contributed by atoms with Crippen LogP contribution in [0.3, 0.4) is 0 Å². The zero-order valence-electron chi connectivity index (χ0n) is 17.4. The number of nitrogens with one attached hydrogen (secondary N) is 1. The quantitative estimate of drug-likeness (QED) is 0.606. The molecule has 0 atom stereocenters. The van der Waals surface area contributed by atoms with Gasteiger partial charge in [-0.1, -0.05) is 13.8 Å². The standard InChI is InChI=1S/C20H27N5O3S/c1-6-24(7-2)29(26,27)17-8-9-19(28-5)18(11-17)21-12-16-13-25-15(4)10-14(3)22-20(25)23-16/h8-11,13,21H,6-7,12H2,1-5H3. The Bertz CT molecular complexity index is 1120. The second-order valence-corrected chi connectivity index (χ2v) is 8.68. The van der Waals surface area contributed by atoms with Crippen LogP contribution >= 0.6 is 0 Å². The first-order valence-electron chi connectivity index (χ1n) is 9.54. The van der Waals surface area contributed by atoms with Crippen LogP contribution in [0, 0.1) is 13.8 Å². The molecule has 0 aliphatic rings. The molecule has 0 saturated heterocycles. The first-order chi connectivity index (χ1) is 13.8. The van der Waals surface area contributed by atoms with Crippen molar-refractivity contribution in [3.63, 3.8) is 0 Å². The molecule has 0 radical (unpaired) electrons. The maximum absolute atomic E-state index is 12.8. The minimum Gasteiger partial charge on any atom is -0.495 e. The third-order valence-electron chi connectivity index (χ3n) is 4.79. The van der Waals surface area contributed by atoms with Crippen LogP contribution in [0.5, 0.6) is 5.75 Å². The Balaban J connectivity index is 1.89. The van der Waals surface area contributed by atoms with Crippen LogP contribution in [0.25, 0.3) is 5.78 Å². The molecule has 3 aromatic rings. The number of fused-ring (bicyclic) bond motifs is 1. The number of aryl methyl sites for hydroxylation is 2. The Morgan fingerprint density at radius 2 is 1.86 bits per heavy atom. The van der Waals surface area contributed by atoms with Crippen molar-refractivity contribution in [1.29, 1.82) is 0 Å². The van der Waals surface area contributed by atoms with E-state index in [-0.39, 0.29) is 4.90 Å². The number of imidazole rings is 1. The highest BCUT2D eigenvalue weighted by Gasteiger charge is 2.23. The lowest BCUT2D eigenvalue weighted by Gasteiger charge is -2.19. The molecule has 3 rings (SSSR count). The number of methoxy groups -OCH3 is 1. The van der Waals surface area contributed by atoms with Crippen molar-refractivity contribution in [3.8, 4) is 5.75 Å². The van der Waals surface area contributed by atoms with Gasteiger partial charge in [-0.3, -0.25) is 4.40 Å². The molecule has 0 bridgehead atoms. The summed E-state index contributed by atoms with van der Waals surface area (Å²) in [6.45, 7) is 8.83. The largest absolute Gasteiger partial charge is 0.495 e. The van der Waals surface area contributed by atoms with E-state index in [1.165, 1.54) is 4.31 Å². The van der Waals surface area contributed by atoms with Crippen LogP contribution in [0.1, 0.15) is 30.9 Å². The third-order valence-corrected chi connectivity index (χ3v) is 6.83. The zero-order chi connectivity index (χ0) is 21.2. The average molecular weight is 418 g/mol. The lowest BCUT2D eigenvalue weighted by atomic mass is 10.3. The van der Waals surface area contributed by atoms with Crippen molar-refractivity contribution in [2.45, 2.75) is 39.1 Å². The molecular formula is C20H27N5O3S. The molecule has 0 fully saturated rings. The Morgan fingerprint density at radius 1 is 1.14 bits per heavy atom. The van der Waals surface area contributed by atoms with Crippen molar-refractivity contribution in [3.05, 3.63) is 47.5 Å². The number of rotatable bonds is 8. The zero-order valence-corrected chi connectivity index (χ0v) is 18.2. The second-order valence-electron chi connectivity index (χ2n) is 6.75. The number of sulfonamides is 1. The number of hydrogen-bond acceptors (Lipinski definition) is 6. The fourth-order valence-corrected chi connectivity index (χ4v) is 4.77. The summed E-state index contributed by atoms with van der Waals surface area (Å²) in [6.07, 6.45) is 1.92. The fraction of sp³-hybridized carbons (Fsp3) is 0.400. The van der Waals surface area contributed by atoms with E-state index in [1.807, 2.05) is 44.4 Å². The molecule has 156 valence electrons. The van der Waals surface area contributed by atoms with Gasteiger partial charge in [-0.05, 0) is 38.1 Å². The van der Waals surface area contributed by atoms with E-state index in [4.69, 9.17) is 4.74 Å². The van der Waals surface area contributed by atoms with Crippen molar-refractivity contribution >= 4 is 21.5 Å². The van der Waals surface area contributed by atoms with Gasteiger partial charge in [0, 0.05) is 30.7 Å². The van der Waals surface area contributed by atoms with Crippen molar-refractivity contribution in [2.75, 3.05) is 25.5 Å². The maximum atomic E-state index is 12.8. The number of aromatic nitrogens is 3. The van der Waals surface area contributed by atoms with Crippen LogP contribution in [-0.2, 0) is 16.6 Å². The third kappa shape index (κ3) is 4.20. The molecule has 0 spiro atoms. The minimum atomic E-state index is -3.55. The van der Waals surface area contributed by atoms with Crippen molar-refractivity contribution in [1.82, 2.24) is 18.7 Å². The van der Waals surface area contributed by atoms with Gasteiger partial charge in [0.1, 0.15) is 5.75 Å². The summed E-state index contributed by atoms with van der Waals surface area (Å²) in [5.74, 6) is 1.21. The van der Waals surface area contributed by atoms with Crippen molar-refractivity contribution in [2.24, 2.45) is 0 Å². The molecule has 2 heterocycles. The van der Waals surface area contributed by atoms with E-state index < -0.39 is 10.0 Å². The number of nitrogens with zero attached hydrogens (tertiary/aromatic N) is 4. The Labute approximate surface area is 171 Å². The minimum absolute atomic E-state index is 0.229. The first kappa shape index (κ1) is 21.1. The second kappa shape index (κ2) is 8.38. The summed E-state index contributed by atoms with van der Waals surface area (Å²) in [4.78, 5) is 9.23. The summed E-state index contributed by atoms with van der Waals surface area (Å²) < 4.78 is 34.4. The molecule has 0 amide bonds. The monoisotopic (exact) mass is 417 g/mol. The summed E-state index contributed by atoms with van der Waals surface area (Å²) in [6, 6.07) is 6.84. The molecule has 8 nitrogen and oxygen atoms in total. The van der Waals surface area contributed by atoms with Gasteiger partial charge < -0.3 is 10.1 Å². The van der Waals surface area contributed by atoms with Gasteiger partial charge in [-0.25, -0.2) is 18.4 Å². The topological polar surface area (TPSA) is 88.8 Å². The Hall–Kier alpha value is -2.65. The lowest BCUT2D eigenvalue weighted by molar-refractivity contribution is 0.415. The van der Waals surface area contributed by atoms with Gasteiger partial charge in [0.25, 0.3) is 0 Å². The first-order valence-corrected chi connectivity index (χ1v) is 11.0. The smallest absolute Gasteiger partial charge is 0.243 e. The van der Waals surface area contributed by atoms with Crippen molar-refractivity contribution < 1.29 is 13.2 Å². The molecule has 0 unspecified atom stereocenters. The van der Waals surface area contributed by atoms with Gasteiger partial charge in [0.15, 0.2) is 0 Å².